The van der Waals surface area contributed by atoms with Crippen LogP contribution in [0.1, 0.15) is 18.2 Å². The SMILES string of the molecule is CCc1cc(C(O)=S)c[nH]1. The van der Waals surface area contributed by atoms with E-state index in [-0.39, 0.29) is 5.05 Å². The van der Waals surface area contributed by atoms with Crippen molar-refractivity contribution >= 4 is 17.3 Å². The Labute approximate surface area is 64.9 Å². The van der Waals surface area contributed by atoms with Crippen LogP contribution >= 0.6 is 12.2 Å². The fourth-order valence-corrected chi connectivity index (χ4v) is 0.887. The van der Waals surface area contributed by atoms with Crippen LogP contribution < -0.4 is 0 Å². The number of aromatic nitrogens is 1. The summed E-state index contributed by atoms with van der Waals surface area (Å²) in [7, 11) is 0. The highest BCUT2D eigenvalue weighted by atomic mass is 32.1. The van der Waals surface area contributed by atoms with E-state index in [0.29, 0.717) is 5.56 Å². The van der Waals surface area contributed by atoms with Gasteiger partial charge in [0.2, 0.25) is 0 Å². The first-order valence-electron chi connectivity index (χ1n) is 3.14. The number of rotatable bonds is 2. The molecule has 1 aromatic heterocycles. The predicted molar refractivity (Wildman–Crippen MR) is 44.5 cm³/mol. The van der Waals surface area contributed by atoms with Gasteiger partial charge in [-0.15, -0.1) is 0 Å². The summed E-state index contributed by atoms with van der Waals surface area (Å²) in [4.78, 5) is 2.99. The predicted octanol–water partition coefficient (Wildman–Crippen LogP) is 1.81. The van der Waals surface area contributed by atoms with Gasteiger partial charge in [-0.05, 0) is 24.7 Å². The Morgan fingerprint density at radius 2 is 2.50 bits per heavy atom. The van der Waals surface area contributed by atoms with E-state index < -0.39 is 0 Å². The van der Waals surface area contributed by atoms with E-state index in [4.69, 9.17) is 5.11 Å². The van der Waals surface area contributed by atoms with Gasteiger partial charge in [0.25, 0.3) is 0 Å². The Balaban J connectivity index is 2.88. The molecule has 54 valence electrons. The third-order valence-corrected chi connectivity index (χ3v) is 1.61. The highest BCUT2D eigenvalue weighted by Gasteiger charge is 1.99. The minimum absolute atomic E-state index is 0.0454. The van der Waals surface area contributed by atoms with Gasteiger partial charge in [0, 0.05) is 17.5 Å². The van der Waals surface area contributed by atoms with E-state index in [1.165, 1.54) is 0 Å². The van der Waals surface area contributed by atoms with Crippen LogP contribution in [0.5, 0.6) is 0 Å². The minimum Gasteiger partial charge on any atom is -0.498 e. The van der Waals surface area contributed by atoms with Crippen molar-refractivity contribution in [2.75, 3.05) is 0 Å². The summed E-state index contributed by atoms with van der Waals surface area (Å²) in [5.74, 6) is 0. The fourth-order valence-electron chi connectivity index (χ4n) is 0.769. The number of aryl methyl sites for hydroxylation is 1. The molecule has 0 bridgehead atoms. The molecule has 1 heterocycles. The topological polar surface area (TPSA) is 36.0 Å². The van der Waals surface area contributed by atoms with E-state index in [2.05, 4.69) is 17.2 Å². The summed E-state index contributed by atoms with van der Waals surface area (Å²) in [6.07, 6.45) is 2.64. The van der Waals surface area contributed by atoms with Crippen molar-refractivity contribution in [3.05, 3.63) is 23.5 Å². The average molecular weight is 155 g/mol. The normalized spacial score (nSPS) is 9.70. The Kier molecular flexibility index (Phi) is 2.06. The number of H-pyrrole nitrogens is 1. The van der Waals surface area contributed by atoms with E-state index in [0.717, 1.165) is 12.1 Å². The first-order chi connectivity index (χ1) is 4.74. The van der Waals surface area contributed by atoms with Gasteiger partial charge in [-0.25, -0.2) is 0 Å². The summed E-state index contributed by atoms with van der Waals surface area (Å²) in [5, 5.41) is 8.80. The zero-order valence-corrected chi connectivity index (χ0v) is 6.53. The van der Waals surface area contributed by atoms with Crippen LogP contribution in [0, 0.1) is 0 Å². The van der Waals surface area contributed by atoms with Crippen molar-refractivity contribution in [1.82, 2.24) is 4.98 Å². The molecule has 0 saturated carbocycles. The maximum atomic E-state index is 8.84. The molecular formula is C7H9NOS. The second kappa shape index (κ2) is 2.84. The second-order valence-electron chi connectivity index (χ2n) is 2.07. The number of thiocarbonyl (C=S) groups is 1. The van der Waals surface area contributed by atoms with Gasteiger partial charge in [0.1, 0.15) is 0 Å². The first kappa shape index (κ1) is 7.28. The van der Waals surface area contributed by atoms with E-state index >= 15 is 0 Å². The molecule has 2 nitrogen and oxygen atoms in total. The van der Waals surface area contributed by atoms with Crippen LogP contribution in [0.3, 0.4) is 0 Å². The Bertz CT molecular complexity index is 242. The van der Waals surface area contributed by atoms with Gasteiger partial charge in [-0.3, -0.25) is 0 Å². The summed E-state index contributed by atoms with van der Waals surface area (Å²) in [5.41, 5.74) is 1.79. The Morgan fingerprint density at radius 1 is 1.80 bits per heavy atom. The molecule has 1 aromatic rings. The number of hydrogen-bond acceptors (Lipinski definition) is 1. The van der Waals surface area contributed by atoms with Gasteiger partial charge in [-0.2, -0.15) is 0 Å². The number of aliphatic hydroxyl groups is 1. The lowest BCUT2D eigenvalue weighted by molar-refractivity contribution is 0.571. The maximum Gasteiger partial charge on any atom is 0.190 e. The smallest absolute Gasteiger partial charge is 0.190 e. The summed E-state index contributed by atoms with van der Waals surface area (Å²) in [6, 6.07) is 1.85. The molecule has 3 heteroatoms. The fraction of sp³-hybridized carbons (Fsp3) is 0.286. The lowest BCUT2D eigenvalue weighted by Crippen LogP contribution is -1.89. The van der Waals surface area contributed by atoms with Crippen LogP contribution in [0.25, 0.3) is 0 Å². The number of aromatic amines is 1. The van der Waals surface area contributed by atoms with Gasteiger partial charge in [0.15, 0.2) is 5.05 Å². The summed E-state index contributed by atoms with van der Waals surface area (Å²) >= 11 is 4.56. The molecule has 0 spiro atoms. The minimum atomic E-state index is -0.0454. The van der Waals surface area contributed by atoms with Crippen LogP contribution in [-0.2, 0) is 6.42 Å². The zero-order valence-electron chi connectivity index (χ0n) is 5.72. The highest BCUT2D eigenvalue weighted by Crippen LogP contribution is 2.03. The molecule has 0 radical (unpaired) electrons. The van der Waals surface area contributed by atoms with Crippen molar-refractivity contribution in [2.45, 2.75) is 13.3 Å². The molecule has 0 amide bonds. The van der Waals surface area contributed by atoms with Gasteiger partial charge in [-0.1, -0.05) is 6.92 Å². The standard InChI is InChI=1S/C7H9NOS/c1-2-6-3-5(4-8-6)7(9)10/h3-4,8H,2H2,1H3,(H,9,10). The quantitative estimate of drug-likeness (QED) is 0.639. The first-order valence-corrected chi connectivity index (χ1v) is 3.55. The van der Waals surface area contributed by atoms with Crippen molar-refractivity contribution in [2.24, 2.45) is 0 Å². The van der Waals surface area contributed by atoms with E-state index in [1.807, 2.05) is 13.0 Å². The molecule has 0 unspecified atom stereocenters. The van der Waals surface area contributed by atoms with Crippen molar-refractivity contribution < 1.29 is 5.11 Å². The van der Waals surface area contributed by atoms with Gasteiger partial charge < -0.3 is 10.1 Å². The molecule has 0 aliphatic rings. The molecule has 0 saturated heterocycles. The third kappa shape index (κ3) is 1.36. The van der Waals surface area contributed by atoms with Crippen LogP contribution in [0.4, 0.5) is 0 Å². The Morgan fingerprint density at radius 3 is 2.80 bits per heavy atom. The Hall–Kier alpha value is -0.830. The molecule has 0 aromatic carbocycles. The molecule has 2 N–H and O–H groups in total. The largest absolute Gasteiger partial charge is 0.498 e. The van der Waals surface area contributed by atoms with Crippen molar-refractivity contribution in [3.63, 3.8) is 0 Å². The monoisotopic (exact) mass is 155 g/mol. The van der Waals surface area contributed by atoms with E-state index in [9.17, 15) is 0 Å². The second-order valence-corrected chi connectivity index (χ2v) is 2.46. The van der Waals surface area contributed by atoms with Crippen LogP contribution in [0.2, 0.25) is 0 Å². The lowest BCUT2D eigenvalue weighted by Gasteiger charge is -1.85. The lowest BCUT2D eigenvalue weighted by atomic mass is 10.3. The average Bonchev–Trinajstić information content (AvgIpc) is 2.34. The van der Waals surface area contributed by atoms with Crippen molar-refractivity contribution in [3.8, 4) is 0 Å². The molecule has 1 rings (SSSR count). The van der Waals surface area contributed by atoms with Crippen LogP contribution in [-0.4, -0.2) is 15.1 Å². The van der Waals surface area contributed by atoms with E-state index in [1.54, 1.807) is 6.20 Å². The van der Waals surface area contributed by atoms with Gasteiger partial charge in [0.05, 0.1) is 0 Å². The number of nitrogens with one attached hydrogen (secondary N) is 1. The zero-order chi connectivity index (χ0) is 7.56. The van der Waals surface area contributed by atoms with Gasteiger partial charge >= 0.3 is 0 Å². The molecule has 0 fully saturated rings. The summed E-state index contributed by atoms with van der Waals surface area (Å²) < 4.78 is 0. The number of hydrogen-bond donors (Lipinski definition) is 2. The summed E-state index contributed by atoms with van der Waals surface area (Å²) in [6.45, 7) is 2.04. The molecule has 0 aliphatic carbocycles. The highest BCUT2D eigenvalue weighted by molar-refractivity contribution is 7.80. The molecule has 0 aliphatic heterocycles. The molecule has 10 heavy (non-hydrogen) atoms. The number of aliphatic hydroxyl groups excluding tert-OH is 1. The third-order valence-electron chi connectivity index (χ3n) is 1.37. The maximum absolute atomic E-state index is 8.84. The van der Waals surface area contributed by atoms with Crippen LogP contribution in [0.15, 0.2) is 12.3 Å². The molecular weight excluding hydrogens is 146 g/mol. The van der Waals surface area contributed by atoms with Crippen molar-refractivity contribution in [1.29, 1.82) is 0 Å². The molecule has 0 atom stereocenters.